The molecule has 6 nitrogen and oxygen atoms in total. The number of anilines is 1. The van der Waals surface area contributed by atoms with Crippen LogP contribution in [0, 0.1) is 20.8 Å². The molecule has 0 bridgehead atoms. The molecule has 152 valence electrons. The van der Waals surface area contributed by atoms with Gasteiger partial charge in [0.15, 0.2) is 11.5 Å². The lowest BCUT2D eigenvalue weighted by molar-refractivity contribution is -0.160. The minimum absolute atomic E-state index is 0.0369. The number of ether oxygens (including phenoxy) is 2. The Morgan fingerprint density at radius 2 is 1.72 bits per heavy atom. The van der Waals surface area contributed by atoms with Gasteiger partial charge in [0.25, 0.3) is 0 Å². The normalized spacial score (nSPS) is 17.9. The van der Waals surface area contributed by atoms with Crippen LogP contribution in [0.4, 0.5) is 5.69 Å². The summed E-state index contributed by atoms with van der Waals surface area (Å²) in [5.41, 5.74) is 3.92. The van der Waals surface area contributed by atoms with E-state index in [-0.39, 0.29) is 24.6 Å². The summed E-state index contributed by atoms with van der Waals surface area (Å²) < 4.78 is 10.8. The van der Waals surface area contributed by atoms with E-state index in [1.54, 1.807) is 18.7 Å². The molecular formula is C23H26N2O4. The SMILES string of the molecule is Cc1cc(C)c(NC(=O)C(C)(C)N2C(=O)CC2c2ccc3c(c2)OCO3)c(C)c1. The Kier molecular flexibility index (Phi) is 4.52. The van der Waals surface area contributed by atoms with Gasteiger partial charge in [-0.05, 0) is 63.4 Å². The van der Waals surface area contributed by atoms with E-state index in [0.717, 1.165) is 27.9 Å². The summed E-state index contributed by atoms with van der Waals surface area (Å²) in [4.78, 5) is 27.4. The standard InChI is InChI=1S/C23H26N2O4/c1-13-8-14(2)21(15(3)9-13)24-22(27)23(4,5)25-17(11-20(25)26)16-6-7-18-19(10-16)29-12-28-18/h6-10,17H,11-12H2,1-5H3,(H,24,27). The van der Waals surface area contributed by atoms with Crippen LogP contribution < -0.4 is 14.8 Å². The van der Waals surface area contributed by atoms with Gasteiger partial charge in [0.05, 0.1) is 12.5 Å². The maximum atomic E-state index is 13.2. The van der Waals surface area contributed by atoms with Crippen molar-refractivity contribution in [3.05, 3.63) is 52.6 Å². The van der Waals surface area contributed by atoms with Crippen molar-refractivity contribution in [2.45, 2.75) is 52.6 Å². The fourth-order valence-electron chi connectivity index (χ4n) is 4.26. The minimum Gasteiger partial charge on any atom is -0.454 e. The maximum absolute atomic E-state index is 13.2. The molecule has 1 N–H and O–H groups in total. The van der Waals surface area contributed by atoms with Crippen LogP contribution in [0.5, 0.6) is 11.5 Å². The van der Waals surface area contributed by atoms with Gasteiger partial charge in [-0.1, -0.05) is 23.8 Å². The van der Waals surface area contributed by atoms with Crippen LogP contribution in [-0.4, -0.2) is 29.0 Å². The molecule has 0 spiro atoms. The molecule has 6 heteroatoms. The van der Waals surface area contributed by atoms with Gasteiger partial charge >= 0.3 is 0 Å². The molecular weight excluding hydrogens is 368 g/mol. The number of hydrogen-bond acceptors (Lipinski definition) is 4. The van der Waals surface area contributed by atoms with E-state index in [1.807, 2.05) is 51.1 Å². The number of carbonyl (C=O) groups excluding carboxylic acids is 2. The average Bonchev–Trinajstić information content (AvgIpc) is 3.09. The lowest BCUT2D eigenvalue weighted by Crippen LogP contribution is -2.62. The van der Waals surface area contributed by atoms with E-state index >= 15 is 0 Å². The van der Waals surface area contributed by atoms with E-state index in [9.17, 15) is 9.59 Å². The van der Waals surface area contributed by atoms with Crippen molar-refractivity contribution in [3.8, 4) is 11.5 Å². The largest absolute Gasteiger partial charge is 0.454 e. The zero-order valence-corrected chi connectivity index (χ0v) is 17.5. The molecule has 2 aliphatic rings. The van der Waals surface area contributed by atoms with E-state index in [1.165, 1.54) is 0 Å². The molecule has 0 aliphatic carbocycles. The number of nitrogens with one attached hydrogen (secondary N) is 1. The van der Waals surface area contributed by atoms with Gasteiger partial charge in [-0.15, -0.1) is 0 Å². The van der Waals surface area contributed by atoms with Crippen molar-refractivity contribution in [2.75, 3.05) is 12.1 Å². The molecule has 2 aromatic carbocycles. The highest BCUT2D eigenvalue weighted by atomic mass is 16.7. The fourth-order valence-corrected chi connectivity index (χ4v) is 4.26. The fraction of sp³-hybridized carbons (Fsp3) is 0.391. The summed E-state index contributed by atoms with van der Waals surface area (Å²) >= 11 is 0. The van der Waals surface area contributed by atoms with Crippen molar-refractivity contribution in [3.63, 3.8) is 0 Å². The lowest BCUT2D eigenvalue weighted by atomic mass is 9.86. The van der Waals surface area contributed by atoms with Crippen molar-refractivity contribution < 1.29 is 19.1 Å². The molecule has 2 heterocycles. The summed E-state index contributed by atoms with van der Waals surface area (Å²) in [7, 11) is 0. The monoisotopic (exact) mass is 394 g/mol. The van der Waals surface area contributed by atoms with Gasteiger partial charge in [0.1, 0.15) is 5.54 Å². The van der Waals surface area contributed by atoms with E-state index < -0.39 is 5.54 Å². The van der Waals surface area contributed by atoms with Gasteiger partial charge < -0.3 is 19.7 Å². The maximum Gasteiger partial charge on any atom is 0.249 e. The number of likely N-dealkylation sites (tertiary alicyclic amines) is 1. The Balaban J connectivity index is 1.58. The number of aryl methyl sites for hydroxylation is 3. The van der Waals surface area contributed by atoms with E-state index in [0.29, 0.717) is 17.9 Å². The molecule has 29 heavy (non-hydrogen) atoms. The first-order valence-corrected chi connectivity index (χ1v) is 9.79. The van der Waals surface area contributed by atoms with Crippen LogP contribution in [-0.2, 0) is 9.59 Å². The summed E-state index contributed by atoms with van der Waals surface area (Å²) in [6, 6.07) is 9.59. The number of amides is 2. The number of β-lactam (4-membered cyclic amide) rings is 1. The minimum atomic E-state index is -1.000. The number of benzene rings is 2. The van der Waals surface area contributed by atoms with E-state index in [4.69, 9.17) is 9.47 Å². The molecule has 2 aliphatic heterocycles. The third-order valence-corrected chi connectivity index (χ3v) is 5.80. The van der Waals surface area contributed by atoms with Gasteiger partial charge in [-0.3, -0.25) is 9.59 Å². The highest BCUT2D eigenvalue weighted by molar-refractivity contribution is 6.02. The quantitative estimate of drug-likeness (QED) is 0.795. The van der Waals surface area contributed by atoms with Crippen LogP contribution in [0.25, 0.3) is 0 Å². The number of rotatable bonds is 4. The smallest absolute Gasteiger partial charge is 0.249 e. The van der Waals surface area contributed by atoms with E-state index in [2.05, 4.69) is 5.32 Å². The van der Waals surface area contributed by atoms with Crippen molar-refractivity contribution in [2.24, 2.45) is 0 Å². The lowest BCUT2D eigenvalue weighted by Gasteiger charge is -2.49. The van der Waals surface area contributed by atoms with Gasteiger partial charge in [0.2, 0.25) is 18.6 Å². The number of carbonyl (C=O) groups is 2. The Hall–Kier alpha value is -3.02. The number of nitrogens with zero attached hydrogens (tertiary/aromatic N) is 1. The Morgan fingerprint density at radius 1 is 1.07 bits per heavy atom. The molecule has 0 radical (unpaired) electrons. The zero-order valence-electron chi connectivity index (χ0n) is 17.5. The third kappa shape index (κ3) is 3.22. The Labute approximate surface area is 170 Å². The number of hydrogen-bond donors (Lipinski definition) is 1. The molecule has 1 atom stereocenters. The Morgan fingerprint density at radius 3 is 2.38 bits per heavy atom. The van der Waals surface area contributed by atoms with Crippen LogP contribution in [0.3, 0.4) is 0 Å². The number of fused-ring (bicyclic) bond motifs is 1. The second-order valence-electron chi connectivity index (χ2n) is 8.38. The molecule has 1 saturated heterocycles. The second kappa shape index (κ2) is 6.79. The molecule has 0 aromatic heterocycles. The molecule has 2 amide bonds. The predicted octanol–water partition coefficient (Wildman–Crippen LogP) is 4.03. The summed E-state index contributed by atoms with van der Waals surface area (Å²) in [6.45, 7) is 9.77. The average molecular weight is 394 g/mol. The summed E-state index contributed by atoms with van der Waals surface area (Å²) in [5.74, 6) is 1.14. The van der Waals surface area contributed by atoms with Gasteiger partial charge in [0, 0.05) is 5.69 Å². The van der Waals surface area contributed by atoms with Crippen LogP contribution in [0.2, 0.25) is 0 Å². The molecule has 2 aromatic rings. The molecule has 0 saturated carbocycles. The van der Waals surface area contributed by atoms with Crippen molar-refractivity contribution >= 4 is 17.5 Å². The van der Waals surface area contributed by atoms with Crippen molar-refractivity contribution in [1.82, 2.24) is 4.90 Å². The zero-order chi connectivity index (χ0) is 20.9. The highest BCUT2D eigenvalue weighted by Crippen LogP contribution is 2.44. The first kappa shape index (κ1) is 19.3. The summed E-state index contributed by atoms with van der Waals surface area (Å²) in [6.07, 6.45) is 0.374. The molecule has 1 fully saturated rings. The van der Waals surface area contributed by atoms with Crippen LogP contribution in [0.1, 0.15) is 48.6 Å². The Bertz CT molecular complexity index is 989. The highest BCUT2D eigenvalue weighted by Gasteiger charge is 2.49. The van der Waals surface area contributed by atoms with Gasteiger partial charge in [-0.25, -0.2) is 0 Å². The van der Waals surface area contributed by atoms with Crippen molar-refractivity contribution in [1.29, 1.82) is 0 Å². The van der Waals surface area contributed by atoms with Crippen LogP contribution in [0.15, 0.2) is 30.3 Å². The molecule has 1 unspecified atom stereocenters. The second-order valence-corrected chi connectivity index (χ2v) is 8.38. The summed E-state index contributed by atoms with van der Waals surface area (Å²) in [5, 5.41) is 3.05. The third-order valence-electron chi connectivity index (χ3n) is 5.80. The van der Waals surface area contributed by atoms with Crippen LogP contribution >= 0.6 is 0 Å². The first-order chi connectivity index (χ1) is 13.7. The predicted molar refractivity (Wildman–Crippen MR) is 110 cm³/mol. The van der Waals surface area contributed by atoms with Gasteiger partial charge in [-0.2, -0.15) is 0 Å². The topological polar surface area (TPSA) is 67.9 Å². The first-order valence-electron chi connectivity index (χ1n) is 9.79. The molecule has 4 rings (SSSR count).